The van der Waals surface area contributed by atoms with E-state index >= 15 is 0 Å². The lowest BCUT2D eigenvalue weighted by Gasteiger charge is -2.19. The van der Waals surface area contributed by atoms with E-state index in [0.717, 1.165) is 44.9 Å². The first-order chi connectivity index (χ1) is 25.3. The number of rotatable bonds is 38. The number of hydrogen-bond acceptors (Lipinski definition) is 8. The lowest BCUT2D eigenvalue weighted by molar-refractivity contribution is -0.161. The van der Waals surface area contributed by atoms with E-state index in [0.29, 0.717) is 12.8 Å². The van der Waals surface area contributed by atoms with Crippen LogP contribution < -0.4 is 5.73 Å². The Morgan fingerprint density at radius 3 is 1.54 bits per heavy atom. The second-order valence-corrected chi connectivity index (χ2v) is 15.0. The first kappa shape index (κ1) is 50.0. The number of ether oxygens (including phenoxy) is 2. The molecule has 3 N–H and O–H groups in total. The molecule has 0 saturated carbocycles. The summed E-state index contributed by atoms with van der Waals surface area (Å²) in [6.07, 6.45) is 42.9. The fraction of sp³-hybridized carbons (Fsp3) is 0.762. The van der Waals surface area contributed by atoms with Gasteiger partial charge in [0.2, 0.25) is 0 Å². The highest BCUT2D eigenvalue weighted by atomic mass is 31.2. The fourth-order valence-corrected chi connectivity index (χ4v) is 6.16. The van der Waals surface area contributed by atoms with Crippen molar-refractivity contribution in [3.8, 4) is 0 Å². The molecule has 0 bridgehead atoms. The molecule has 302 valence electrons. The van der Waals surface area contributed by atoms with Crippen molar-refractivity contribution in [2.45, 2.75) is 180 Å². The van der Waals surface area contributed by atoms with Gasteiger partial charge in [-0.3, -0.25) is 18.6 Å². The minimum atomic E-state index is -4.38. The van der Waals surface area contributed by atoms with Crippen LogP contribution in [0.5, 0.6) is 0 Å². The Morgan fingerprint density at radius 1 is 0.577 bits per heavy atom. The fourth-order valence-electron chi connectivity index (χ4n) is 5.39. The van der Waals surface area contributed by atoms with Crippen molar-refractivity contribution in [3.63, 3.8) is 0 Å². The van der Waals surface area contributed by atoms with Crippen LogP contribution >= 0.6 is 7.82 Å². The number of carbonyl (C=O) groups excluding carboxylic acids is 2. The van der Waals surface area contributed by atoms with Crippen LogP contribution in [0.1, 0.15) is 174 Å². The highest BCUT2D eigenvalue weighted by Crippen LogP contribution is 2.43. The molecule has 52 heavy (non-hydrogen) atoms. The third-order valence-corrected chi connectivity index (χ3v) is 9.45. The van der Waals surface area contributed by atoms with E-state index in [1.165, 1.54) is 89.9 Å². The minimum Gasteiger partial charge on any atom is -0.462 e. The Balaban J connectivity index is 4.28. The third kappa shape index (κ3) is 37.7. The molecule has 0 spiro atoms. The zero-order valence-corrected chi connectivity index (χ0v) is 33.9. The van der Waals surface area contributed by atoms with E-state index in [9.17, 15) is 19.0 Å². The molecule has 0 amide bonds. The number of phosphoric ester groups is 1. The zero-order chi connectivity index (χ0) is 38.2. The topological polar surface area (TPSA) is 134 Å². The van der Waals surface area contributed by atoms with Gasteiger partial charge in [-0.25, -0.2) is 4.57 Å². The van der Waals surface area contributed by atoms with Crippen LogP contribution in [0.4, 0.5) is 0 Å². The lowest BCUT2D eigenvalue weighted by Crippen LogP contribution is -2.29. The van der Waals surface area contributed by atoms with Crippen LogP contribution in [0.15, 0.2) is 48.6 Å². The highest BCUT2D eigenvalue weighted by molar-refractivity contribution is 7.47. The van der Waals surface area contributed by atoms with Crippen LogP contribution in [-0.2, 0) is 32.7 Å². The molecule has 0 aromatic rings. The van der Waals surface area contributed by atoms with E-state index in [2.05, 4.69) is 56.4 Å². The second kappa shape index (κ2) is 38.7. The molecule has 0 fully saturated rings. The van der Waals surface area contributed by atoms with Gasteiger partial charge >= 0.3 is 19.8 Å². The van der Waals surface area contributed by atoms with Gasteiger partial charge in [-0.05, 0) is 51.4 Å². The molecular formula is C42H76NO8P. The summed E-state index contributed by atoms with van der Waals surface area (Å²) in [4.78, 5) is 34.8. The van der Waals surface area contributed by atoms with E-state index in [1.54, 1.807) is 0 Å². The number of phosphoric acid groups is 1. The predicted octanol–water partition coefficient (Wildman–Crippen LogP) is 11.6. The Kier molecular flexibility index (Phi) is 37.2. The number of hydrogen-bond donors (Lipinski definition) is 2. The summed E-state index contributed by atoms with van der Waals surface area (Å²) in [5, 5.41) is 0. The maximum absolute atomic E-state index is 12.5. The molecule has 0 aliphatic heterocycles. The third-order valence-electron chi connectivity index (χ3n) is 8.47. The molecule has 0 aliphatic rings. The molecule has 1 unspecified atom stereocenters. The van der Waals surface area contributed by atoms with Crippen LogP contribution in [0.25, 0.3) is 0 Å². The van der Waals surface area contributed by atoms with Gasteiger partial charge < -0.3 is 20.1 Å². The quantitative estimate of drug-likeness (QED) is 0.0273. The molecule has 0 rings (SSSR count). The summed E-state index contributed by atoms with van der Waals surface area (Å²) in [7, 11) is -4.38. The van der Waals surface area contributed by atoms with Crippen molar-refractivity contribution < 1.29 is 37.6 Å². The summed E-state index contributed by atoms with van der Waals surface area (Å²) in [5.41, 5.74) is 5.34. The molecule has 10 heteroatoms. The summed E-state index contributed by atoms with van der Waals surface area (Å²) in [6, 6.07) is 0. The second-order valence-electron chi connectivity index (χ2n) is 13.5. The summed E-state index contributed by atoms with van der Waals surface area (Å²) >= 11 is 0. The first-order valence-corrected chi connectivity index (χ1v) is 22.1. The van der Waals surface area contributed by atoms with Crippen LogP contribution in [-0.4, -0.2) is 49.3 Å². The lowest BCUT2D eigenvalue weighted by atomic mass is 10.0. The van der Waals surface area contributed by atoms with Gasteiger partial charge in [-0.15, -0.1) is 0 Å². The maximum Gasteiger partial charge on any atom is 0.472 e. The summed E-state index contributed by atoms with van der Waals surface area (Å²) < 4.78 is 32.7. The molecule has 0 radical (unpaired) electrons. The molecule has 2 atom stereocenters. The number of allylic oxidation sites excluding steroid dienone is 8. The normalized spacial score (nSPS) is 13.8. The van der Waals surface area contributed by atoms with Crippen molar-refractivity contribution in [2.75, 3.05) is 26.4 Å². The Morgan fingerprint density at radius 2 is 1.02 bits per heavy atom. The predicted molar refractivity (Wildman–Crippen MR) is 215 cm³/mol. The number of esters is 2. The molecule has 0 aliphatic carbocycles. The number of nitrogens with two attached hydrogens (primary N) is 1. The average molecular weight is 754 g/mol. The first-order valence-electron chi connectivity index (χ1n) is 20.6. The molecule has 9 nitrogen and oxygen atoms in total. The molecular weight excluding hydrogens is 677 g/mol. The molecule has 0 aromatic carbocycles. The van der Waals surface area contributed by atoms with Crippen molar-refractivity contribution in [3.05, 3.63) is 48.6 Å². The van der Waals surface area contributed by atoms with E-state index < -0.39 is 32.5 Å². The van der Waals surface area contributed by atoms with Gasteiger partial charge in [0.15, 0.2) is 6.10 Å². The van der Waals surface area contributed by atoms with Crippen LogP contribution in [0, 0.1) is 0 Å². The van der Waals surface area contributed by atoms with Gasteiger partial charge in [0.1, 0.15) is 6.61 Å². The van der Waals surface area contributed by atoms with Crippen molar-refractivity contribution in [1.82, 2.24) is 0 Å². The van der Waals surface area contributed by atoms with Crippen LogP contribution in [0.3, 0.4) is 0 Å². The largest absolute Gasteiger partial charge is 0.472 e. The Labute approximate surface area is 317 Å². The van der Waals surface area contributed by atoms with Crippen molar-refractivity contribution in [2.24, 2.45) is 5.73 Å². The number of unbranched alkanes of at least 4 members (excludes halogenated alkanes) is 17. The Bertz CT molecular complexity index is 996. The highest BCUT2D eigenvalue weighted by Gasteiger charge is 2.25. The standard InChI is InChI=1S/C42H76NO8P/c1-3-5-7-9-11-13-15-17-19-20-21-23-24-26-28-30-32-34-41(44)48-38-40(39-50-52(46,47)49-37-36-43)51-42(45)35-33-31-29-27-25-22-18-16-14-12-10-8-6-4-2/h11,13,17,19,21,23,26,28,40H,3-10,12,14-16,18,20,22,24-25,27,29-39,43H2,1-2H3,(H,46,47)/b13-11+,19-17+,23-21+,28-26+/t40-/m1/s1. The monoisotopic (exact) mass is 754 g/mol. The van der Waals surface area contributed by atoms with Gasteiger partial charge in [0.25, 0.3) is 0 Å². The van der Waals surface area contributed by atoms with E-state index in [-0.39, 0.29) is 32.6 Å². The smallest absolute Gasteiger partial charge is 0.462 e. The van der Waals surface area contributed by atoms with E-state index in [4.69, 9.17) is 24.3 Å². The average Bonchev–Trinajstić information content (AvgIpc) is 3.13. The molecule has 0 heterocycles. The zero-order valence-electron chi connectivity index (χ0n) is 33.0. The van der Waals surface area contributed by atoms with E-state index in [1.807, 2.05) is 6.08 Å². The molecule has 0 saturated heterocycles. The van der Waals surface area contributed by atoms with Gasteiger partial charge in [-0.1, -0.05) is 159 Å². The minimum absolute atomic E-state index is 0.0458. The molecule has 0 aromatic heterocycles. The van der Waals surface area contributed by atoms with Gasteiger partial charge in [-0.2, -0.15) is 0 Å². The van der Waals surface area contributed by atoms with Crippen molar-refractivity contribution >= 4 is 19.8 Å². The van der Waals surface area contributed by atoms with Gasteiger partial charge in [0.05, 0.1) is 13.2 Å². The summed E-state index contributed by atoms with van der Waals surface area (Å²) in [5.74, 6) is -0.893. The Hall–Kier alpha value is -2.03. The maximum atomic E-state index is 12.5. The van der Waals surface area contributed by atoms with Crippen molar-refractivity contribution in [1.29, 1.82) is 0 Å². The van der Waals surface area contributed by atoms with Crippen LogP contribution in [0.2, 0.25) is 0 Å². The van der Waals surface area contributed by atoms with Gasteiger partial charge in [0, 0.05) is 19.4 Å². The number of carbonyl (C=O) groups is 2. The summed E-state index contributed by atoms with van der Waals surface area (Å²) in [6.45, 7) is 3.64. The SMILES string of the molecule is CCCCC/C=C/C/C=C/C/C=C/C/C=C/CCCC(=O)OC[C@H](COP(=O)(O)OCCN)OC(=O)CCCCCCCCCCCCCCCC.